The number of ether oxygens (including phenoxy) is 1. The van der Waals surface area contributed by atoms with Gasteiger partial charge in [-0.15, -0.1) is 0 Å². The molecule has 0 amide bonds. The minimum Gasteiger partial charge on any atom is -0.378 e. The first-order chi connectivity index (χ1) is 8.05. The highest BCUT2D eigenvalue weighted by Gasteiger charge is 2.20. The Bertz CT molecular complexity index is 353. The Hall–Kier alpha value is -0.680. The summed E-state index contributed by atoms with van der Waals surface area (Å²) in [5.74, 6) is 0.919. The Morgan fingerprint density at radius 1 is 1.47 bits per heavy atom. The highest BCUT2D eigenvalue weighted by Crippen LogP contribution is 2.23. The average Bonchev–Trinajstić information content (AvgIpc) is 2.86. The molecule has 0 bridgehead atoms. The number of nitrogens with zero attached hydrogens (tertiary/aromatic N) is 2. The zero-order valence-electron chi connectivity index (χ0n) is 10.8. The third-order valence-electron chi connectivity index (χ3n) is 2.86. The standard InChI is InChI=1S/C12H21N3OS/c1-12(2,3)10-14-11(17-15-10)13-7-6-9-5-4-8-16-9/h9H,4-8H2,1-3H3,(H,13,14,15). The molecule has 2 rings (SSSR count). The van der Waals surface area contributed by atoms with Gasteiger partial charge in [0.2, 0.25) is 5.13 Å². The minimum absolute atomic E-state index is 0.0327. The lowest BCUT2D eigenvalue weighted by Gasteiger charge is -2.12. The van der Waals surface area contributed by atoms with Gasteiger partial charge < -0.3 is 10.1 Å². The molecule has 1 atom stereocenters. The number of nitrogens with one attached hydrogen (secondary N) is 1. The van der Waals surface area contributed by atoms with Crippen LogP contribution in [0.25, 0.3) is 0 Å². The Morgan fingerprint density at radius 3 is 2.88 bits per heavy atom. The van der Waals surface area contributed by atoms with Gasteiger partial charge in [0.05, 0.1) is 6.10 Å². The van der Waals surface area contributed by atoms with Crippen LogP contribution in [-0.4, -0.2) is 28.6 Å². The molecule has 1 fully saturated rings. The molecule has 1 saturated heterocycles. The van der Waals surface area contributed by atoms with Gasteiger partial charge in [0, 0.05) is 30.1 Å². The highest BCUT2D eigenvalue weighted by molar-refractivity contribution is 7.09. The van der Waals surface area contributed by atoms with Gasteiger partial charge in [0.25, 0.3) is 0 Å². The van der Waals surface area contributed by atoms with Crippen LogP contribution in [0, 0.1) is 0 Å². The van der Waals surface area contributed by atoms with Crippen molar-refractivity contribution in [2.24, 2.45) is 0 Å². The molecular weight excluding hydrogens is 234 g/mol. The Balaban J connectivity index is 1.77. The average molecular weight is 255 g/mol. The molecule has 1 unspecified atom stereocenters. The van der Waals surface area contributed by atoms with Crippen LogP contribution in [0.4, 0.5) is 5.13 Å². The molecule has 1 aromatic heterocycles. The fraction of sp³-hybridized carbons (Fsp3) is 0.833. The number of hydrogen-bond acceptors (Lipinski definition) is 5. The van der Waals surface area contributed by atoms with Crippen molar-refractivity contribution in [2.45, 2.75) is 51.6 Å². The number of aromatic nitrogens is 2. The molecule has 96 valence electrons. The molecule has 1 aliphatic heterocycles. The summed E-state index contributed by atoms with van der Waals surface area (Å²) in [6.07, 6.45) is 3.91. The first kappa shape index (κ1) is 12.8. The minimum atomic E-state index is 0.0327. The topological polar surface area (TPSA) is 47.0 Å². The van der Waals surface area contributed by atoms with Gasteiger partial charge >= 0.3 is 0 Å². The van der Waals surface area contributed by atoms with Crippen molar-refractivity contribution in [1.82, 2.24) is 9.36 Å². The van der Waals surface area contributed by atoms with E-state index in [1.165, 1.54) is 24.4 Å². The summed E-state index contributed by atoms with van der Waals surface area (Å²) in [5, 5.41) is 4.25. The van der Waals surface area contributed by atoms with Crippen LogP contribution in [-0.2, 0) is 10.2 Å². The molecule has 0 saturated carbocycles. The van der Waals surface area contributed by atoms with Crippen LogP contribution in [0.2, 0.25) is 0 Å². The maximum absolute atomic E-state index is 5.58. The van der Waals surface area contributed by atoms with Crippen LogP contribution < -0.4 is 5.32 Å². The van der Waals surface area contributed by atoms with E-state index in [-0.39, 0.29) is 5.41 Å². The fourth-order valence-corrected chi connectivity index (χ4v) is 2.59. The zero-order valence-corrected chi connectivity index (χ0v) is 11.6. The third kappa shape index (κ3) is 3.64. The lowest BCUT2D eigenvalue weighted by molar-refractivity contribution is 0.107. The second-order valence-electron chi connectivity index (χ2n) is 5.52. The second-order valence-corrected chi connectivity index (χ2v) is 6.28. The molecule has 0 aliphatic carbocycles. The molecule has 2 heterocycles. The summed E-state index contributed by atoms with van der Waals surface area (Å²) in [4.78, 5) is 4.50. The van der Waals surface area contributed by atoms with E-state index in [1.54, 1.807) is 0 Å². The smallest absolute Gasteiger partial charge is 0.202 e. The number of hydrogen-bond donors (Lipinski definition) is 1. The summed E-state index contributed by atoms with van der Waals surface area (Å²) >= 11 is 1.45. The van der Waals surface area contributed by atoms with Crippen molar-refractivity contribution in [3.8, 4) is 0 Å². The van der Waals surface area contributed by atoms with E-state index in [0.29, 0.717) is 6.10 Å². The molecule has 0 aromatic carbocycles. The van der Waals surface area contributed by atoms with Crippen molar-refractivity contribution >= 4 is 16.7 Å². The lowest BCUT2D eigenvalue weighted by Crippen LogP contribution is -2.14. The Labute approximate surface area is 107 Å². The van der Waals surface area contributed by atoms with E-state index in [1.807, 2.05) is 0 Å². The van der Waals surface area contributed by atoms with E-state index in [4.69, 9.17) is 4.74 Å². The largest absolute Gasteiger partial charge is 0.378 e. The normalized spacial score (nSPS) is 20.8. The third-order valence-corrected chi connectivity index (χ3v) is 3.54. The molecule has 17 heavy (non-hydrogen) atoms. The summed E-state index contributed by atoms with van der Waals surface area (Å²) in [7, 11) is 0. The second kappa shape index (κ2) is 5.31. The Kier molecular flexibility index (Phi) is 3.99. The molecule has 0 radical (unpaired) electrons. The molecule has 0 spiro atoms. The molecular formula is C12H21N3OS. The first-order valence-corrected chi connectivity index (χ1v) is 7.03. The van der Waals surface area contributed by atoms with Gasteiger partial charge in [-0.05, 0) is 19.3 Å². The van der Waals surface area contributed by atoms with E-state index in [9.17, 15) is 0 Å². The van der Waals surface area contributed by atoms with Crippen molar-refractivity contribution in [3.63, 3.8) is 0 Å². The molecule has 1 aromatic rings. The van der Waals surface area contributed by atoms with Gasteiger partial charge in [-0.3, -0.25) is 0 Å². The van der Waals surface area contributed by atoms with Gasteiger partial charge in [0.1, 0.15) is 5.82 Å². The van der Waals surface area contributed by atoms with E-state index in [2.05, 4.69) is 35.4 Å². The van der Waals surface area contributed by atoms with Crippen molar-refractivity contribution < 1.29 is 4.74 Å². The van der Waals surface area contributed by atoms with Gasteiger partial charge in [-0.2, -0.15) is 4.37 Å². The predicted molar refractivity (Wildman–Crippen MR) is 70.7 cm³/mol. The maximum atomic E-state index is 5.58. The van der Waals surface area contributed by atoms with Crippen LogP contribution in [0.5, 0.6) is 0 Å². The monoisotopic (exact) mass is 255 g/mol. The van der Waals surface area contributed by atoms with E-state index >= 15 is 0 Å². The summed E-state index contributed by atoms with van der Waals surface area (Å²) in [6.45, 7) is 8.24. The number of anilines is 1. The van der Waals surface area contributed by atoms with Crippen LogP contribution in [0.3, 0.4) is 0 Å². The van der Waals surface area contributed by atoms with Crippen LogP contribution in [0.15, 0.2) is 0 Å². The fourth-order valence-electron chi connectivity index (χ4n) is 1.81. The van der Waals surface area contributed by atoms with Crippen LogP contribution >= 0.6 is 11.5 Å². The quantitative estimate of drug-likeness (QED) is 0.898. The first-order valence-electron chi connectivity index (χ1n) is 6.25. The summed E-state index contributed by atoms with van der Waals surface area (Å²) < 4.78 is 9.95. The molecule has 5 heteroatoms. The number of rotatable bonds is 4. The molecule has 4 nitrogen and oxygen atoms in total. The SMILES string of the molecule is CC(C)(C)c1nsc(NCCC2CCCO2)n1. The zero-order chi connectivity index (χ0) is 12.3. The lowest BCUT2D eigenvalue weighted by atomic mass is 9.96. The molecule has 1 aliphatic rings. The van der Waals surface area contributed by atoms with Crippen LogP contribution in [0.1, 0.15) is 45.9 Å². The summed E-state index contributed by atoms with van der Waals surface area (Å²) in [6, 6.07) is 0. The predicted octanol–water partition coefficient (Wildman–Crippen LogP) is 2.82. The highest BCUT2D eigenvalue weighted by atomic mass is 32.1. The van der Waals surface area contributed by atoms with Gasteiger partial charge in [-0.25, -0.2) is 4.98 Å². The Morgan fingerprint density at radius 2 is 2.29 bits per heavy atom. The van der Waals surface area contributed by atoms with Crippen molar-refractivity contribution in [1.29, 1.82) is 0 Å². The van der Waals surface area contributed by atoms with E-state index < -0.39 is 0 Å². The maximum Gasteiger partial charge on any atom is 0.202 e. The summed E-state index contributed by atoms with van der Waals surface area (Å²) in [5.41, 5.74) is 0.0327. The van der Waals surface area contributed by atoms with Gasteiger partial charge in [0.15, 0.2) is 0 Å². The van der Waals surface area contributed by atoms with Gasteiger partial charge in [-0.1, -0.05) is 20.8 Å². The van der Waals surface area contributed by atoms with Crippen molar-refractivity contribution in [2.75, 3.05) is 18.5 Å². The molecule has 1 N–H and O–H groups in total. The van der Waals surface area contributed by atoms with E-state index in [0.717, 1.165) is 30.5 Å². The van der Waals surface area contributed by atoms with Crippen molar-refractivity contribution in [3.05, 3.63) is 5.82 Å².